The summed E-state index contributed by atoms with van der Waals surface area (Å²) in [5, 5.41) is 8.94. The molecule has 0 amide bonds. The van der Waals surface area contributed by atoms with E-state index in [1.807, 2.05) is 19.1 Å². The molecule has 0 bridgehead atoms. The molecule has 100 valence electrons. The molecular formula is C12H13N3O3S. The van der Waals surface area contributed by atoms with Crippen LogP contribution in [-0.2, 0) is 11.2 Å². The predicted octanol–water partition coefficient (Wildman–Crippen LogP) is 1.73. The zero-order valence-electron chi connectivity index (χ0n) is 10.3. The van der Waals surface area contributed by atoms with E-state index in [0.717, 1.165) is 28.8 Å². The fraction of sp³-hybridized carbons (Fsp3) is 0.250. The Morgan fingerprint density at radius 1 is 1.53 bits per heavy atom. The van der Waals surface area contributed by atoms with E-state index in [0.29, 0.717) is 17.4 Å². The highest BCUT2D eigenvalue weighted by Crippen LogP contribution is 2.19. The number of hydrogen-bond donors (Lipinski definition) is 2. The number of hydrogen-bond acceptors (Lipinski definition) is 6. The number of thioether (sulfide) groups is 1. The summed E-state index contributed by atoms with van der Waals surface area (Å²) in [6.07, 6.45) is 2.12. The summed E-state index contributed by atoms with van der Waals surface area (Å²) in [5.41, 5.74) is 6.59. The lowest BCUT2D eigenvalue weighted by molar-refractivity contribution is -0.133. The third kappa shape index (κ3) is 3.72. The summed E-state index contributed by atoms with van der Waals surface area (Å²) in [4.78, 5) is 18.6. The predicted molar refractivity (Wildman–Crippen MR) is 71.1 cm³/mol. The van der Waals surface area contributed by atoms with E-state index in [1.165, 1.54) is 0 Å². The molecule has 0 atom stereocenters. The zero-order valence-corrected chi connectivity index (χ0v) is 11.1. The van der Waals surface area contributed by atoms with Crippen LogP contribution in [0.25, 0.3) is 0 Å². The first-order valence-corrected chi connectivity index (χ1v) is 6.54. The fourth-order valence-electron chi connectivity index (χ4n) is 1.50. The maximum Gasteiger partial charge on any atom is 0.313 e. The normalized spacial score (nSPS) is 10.6. The Morgan fingerprint density at radius 2 is 2.32 bits per heavy atom. The van der Waals surface area contributed by atoms with Crippen LogP contribution >= 0.6 is 11.8 Å². The summed E-state index contributed by atoms with van der Waals surface area (Å²) in [6.45, 7) is 1.87. The minimum Gasteiger partial charge on any atom is -0.481 e. The average Bonchev–Trinajstić information content (AvgIpc) is 2.75. The number of nitrogen functional groups attached to an aromatic ring is 1. The van der Waals surface area contributed by atoms with Crippen molar-refractivity contribution in [1.82, 2.24) is 9.97 Å². The Morgan fingerprint density at radius 3 is 2.89 bits per heavy atom. The maximum atomic E-state index is 10.4. The molecule has 0 spiro atoms. The Bertz CT molecular complexity index is 598. The van der Waals surface area contributed by atoms with Gasteiger partial charge >= 0.3 is 5.97 Å². The van der Waals surface area contributed by atoms with E-state index < -0.39 is 5.97 Å². The third-order valence-electron chi connectivity index (χ3n) is 2.36. The first-order valence-electron chi connectivity index (χ1n) is 5.56. The topological polar surface area (TPSA) is 102 Å². The molecule has 2 rings (SSSR count). The van der Waals surface area contributed by atoms with Gasteiger partial charge in [-0.1, -0.05) is 11.8 Å². The number of aryl methyl sites for hydroxylation is 1. The van der Waals surface area contributed by atoms with Gasteiger partial charge in [0, 0.05) is 18.2 Å². The number of carboxylic acids is 1. The van der Waals surface area contributed by atoms with Gasteiger partial charge in [-0.2, -0.15) is 0 Å². The molecule has 6 nitrogen and oxygen atoms in total. The lowest BCUT2D eigenvalue weighted by atomic mass is 10.2. The standard InChI is InChI=1S/C12H13N3O3S/c1-7-2-3-9(18-7)4-8-5-14-12(15-11(8)13)19-6-10(16)17/h2-3,5H,4,6H2,1H3,(H,16,17)(H2,13,14,15). The van der Waals surface area contributed by atoms with Gasteiger partial charge in [0.25, 0.3) is 0 Å². The van der Waals surface area contributed by atoms with Crippen LogP contribution in [0.4, 0.5) is 5.82 Å². The van der Waals surface area contributed by atoms with Crippen molar-refractivity contribution in [3.8, 4) is 0 Å². The number of nitrogens with zero attached hydrogens (tertiary/aromatic N) is 2. The molecule has 0 aliphatic rings. The zero-order chi connectivity index (χ0) is 13.8. The molecule has 3 N–H and O–H groups in total. The number of aliphatic carboxylic acids is 1. The van der Waals surface area contributed by atoms with E-state index >= 15 is 0 Å². The molecule has 0 aliphatic heterocycles. The molecule has 0 saturated carbocycles. The van der Waals surface area contributed by atoms with Crippen LogP contribution in [0.2, 0.25) is 0 Å². The van der Waals surface area contributed by atoms with Crippen LogP contribution < -0.4 is 5.73 Å². The first kappa shape index (κ1) is 13.4. The second kappa shape index (κ2) is 5.75. The van der Waals surface area contributed by atoms with Crippen molar-refractivity contribution >= 4 is 23.5 Å². The smallest absolute Gasteiger partial charge is 0.313 e. The molecule has 0 fully saturated rings. The highest BCUT2D eigenvalue weighted by atomic mass is 32.2. The quantitative estimate of drug-likeness (QED) is 0.634. The number of rotatable bonds is 5. The third-order valence-corrected chi connectivity index (χ3v) is 3.21. The molecule has 2 aromatic heterocycles. The average molecular weight is 279 g/mol. The van der Waals surface area contributed by atoms with Crippen LogP contribution in [0.5, 0.6) is 0 Å². The van der Waals surface area contributed by atoms with Gasteiger partial charge in [0.1, 0.15) is 17.3 Å². The maximum absolute atomic E-state index is 10.4. The fourth-order valence-corrected chi connectivity index (χ4v) is 2.05. The minimum absolute atomic E-state index is 0.0871. The highest BCUT2D eigenvalue weighted by Gasteiger charge is 2.09. The number of nitrogens with two attached hydrogens (primary N) is 1. The molecule has 0 unspecified atom stereocenters. The van der Waals surface area contributed by atoms with Crippen LogP contribution in [0.3, 0.4) is 0 Å². The molecule has 19 heavy (non-hydrogen) atoms. The van der Waals surface area contributed by atoms with Crippen molar-refractivity contribution in [2.45, 2.75) is 18.5 Å². The van der Waals surface area contributed by atoms with Crippen molar-refractivity contribution in [3.63, 3.8) is 0 Å². The Labute approximate surface area is 114 Å². The van der Waals surface area contributed by atoms with E-state index in [1.54, 1.807) is 6.20 Å². The Hall–Kier alpha value is -2.02. The van der Waals surface area contributed by atoms with Gasteiger partial charge in [0.15, 0.2) is 5.16 Å². The molecule has 2 aromatic rings. The van der Waals surface area contributed by atoms with Gasteiger partial charge in [-0.3, -0.25) is 4.79 Å². The van der Waals surface area contributed by atoms with Crippen molar-refractivity contribution in [2.75, 3.05) is 11.5 Å². The van der Waals surface area contributed by atoms with Gasteiger partial charge < -0.3 is 15.3 Å². The second-order valence-electron chi connectivity index (χ2n) is 3.93. The van der Waals surface area contributed by atoms with Gasteiger partial charge in [-0.25, -0.2) is 9.97 Å². The summed E-state index contributed by atoms with van der Waals surface area (Å²) < 4.78 is 5.46. The van der Waals surface area contributed by atoms with Gasteiger partial charge in [0.05, 0.1) is 5.75 Å². The molecular weight excluding hydrogens is 266 g/mol. The lowest BCUT2D eigenvalue weighted by Crippen LogP contribution is -2.03. The van der Waals surface area contributed by atoms with Crippen LogP contribution in [-0.4, -0.2) is 26.8 Å². The van der Waals surface area contributed by atoms with Crippen molar-refractivity contribution in [1.29, 1.82) is 0 Å². The van der Waals surface area contributed by atoms with Crippen molar-refractivity contribution in [2.24, 2.45) is 0 Å². The SMILES string of the molecule is Cc1ccc(Cc2cnc(SCC(=O)O)nc2N)o1. The van der Waals surface area contributed by atoms with Gasteiger partial charge in [0.2, 0.25) is 0 Å². The second-order valence-corrected chi connectivity index (χ2v) is 4.88. The van der Waals surface area contributed by atoms with Crippen LogP contribution in [0.15, 0.2) is 27.9 Å². The number of anilines is 1. The van der Waals surface area contributed by atoms with Crippen LogP contribution in [0.1, 0.15) is 17.1 Å². The number of carbonyl (C=O) groups is 1. The van der Waals surface area contributed by atoms with Crippen molar-refractivity contribution in [3.05, 3.63) is 35.4 Å². The summed E-state index contributed by atoms with van der Waals surface area (Å²) >= 11 is 1.04. The largest absolute Gasteiger partial charge is 0.481 e. The molecule has 0 saturated heterocycles. The molecule has 0 aromatic carbocycles. The highest BCUT2D eigenvalue weighted by molar-refractivity contribution is 7.99. The lowest BCUT2D eigenvalue weighted by Gasteiger charge is -2.04. The number of aromatic nitrogens is 2. The molecule has 7 heteroatoms. The van der Waals surface area contributed by atoms with E-state index in [2.05, 4.69) is 9.97 Å². The van der Waals surface area contributed by atoms with Crippen LogP contribution in [0, 0.1) is 6.92 Å². The van der Waals surface area contributed by atoms with E-state index in [4.69, 9.17) is 15.3 Å². The van der Waals surface area contributed by atoms with Gasteiger partial charge in [-0.15, -0.1) is 0 Å². The minimum atomic E-state index is -0.915. The number of carboxylic acid groups (broad SMARTS) is 1. The summed E-state index contributed by atoms with van der Waals surface area (Å²) in [6, 6.07) is 3.76. The summed E-state index contributed by atoms with van der Waals surface area (Å²) in [5.74, 6) is 0.969. The monoisotopic (exact) mass is 279 g/mol. The number of furan rings is 1. The van der Waals surface area contributed by atoms with E-state index in [-0.39, 0.29) is 5.75 Å². The summed E-state index contributed by atoms with van der Waals surface area (Å²) in [7, 11) is 0. The van der Waals surface area contributed by atoms with Gasteiger partial charge in [-0.05, 0) is 19.1 Å². The molecule has 0 aliphatic carbocycles. The first-order chi connectivity index (χ1) is 9.04. The molecule has 2 heterocycles. The Kier molecular flexibility index (Phi) is 4.06. The van der Waals surface area contributed by atoms with Crippen molar-refractivity contribution < 1.29 is 14.3 Å². The molecule has 0 radical (unpaired) electrons. The van der Waals surface area contributed by atoms with E-state index in [9.17, 15) is 4.79 Å². The Balaban J connectivity index is 2.08.